The van der Waals surface area contributed by atoms with Crippen LogP contribution in [0.5, 0.6) is 0 Å². The van der Waals surface area contributed by atoms with Gasteiger partial charge in [0.25, 0.3) is 0 Å². The van der Waals surface area contributed by atoms with Gasteiger partial charge in [0.2, 0.25) is 0 Å². The van der Waals surface area contributed by atoms with Gasteiger partial charge < -0.3 is 5.32 Å². The Morgan fingerprint density at radius 3 is 2.62 bits per heavy atom. The van der Waals surface area contributed by atoms with Crippen LogP contribution in [0.25, 0.3) is 0 Å². The number of hydrogen-bond acceptors (Lipinski definition) is 4. The molecule has 0 aliphatic carbocycles. The molecule has 0 spiro atoms. The lowest BCUT2D eigenvalue weighted by Gasteiger charge is -2.11. The second-order valence-corrected chi connectivity index (χ2v) is 4.43. The first kappa shape index (κ1) is 14.8. The van der Waals surface area contributed by atoms with Gasteiger partial charge in [0.05, 0.1) is 11.8 Å². The summed E-state index contributed by atoms with van der Waals surface area (Å²) in [6.07, 6.45) is -2.93. The van der Waals surface area contributed by atoms with Gasteiger partial charge >= 0.3 is 6.18 Å². The smallest absolute Gasteiger partial charge is 0.365 e. The van der Waals surface area contributed by atoms with E-state index in [9.17, 15) is 13.2 Å². The van der Waals surface area contributed by atoms with Gasteiger partial charge in [0.1, 0.15) is 17.6 Å². The molecule has 110 valence electrons. The highest BCUT2D eigenvalue weighted by atomic mass is 19.4. The Morgan fingerprint density at radius 2 is 2.10 bits per heavy atom. The van der Waals surface area contributed by atoms with E-state index in [1.165, 1.54) is 0 Å². The topological polar surface area (TPSA) is 66.5 Å². The maximum atomic E-state index is 12.6. The van der Waals surface area contributed by atoms with Gasteiger partial charge in [-0.2, -0.15) is 23.5 Å². The van der Waals surface area contributed by atoms with E-state index < -0.39 is 11.9 Å². The minimum Gasteiger partial charge on any atom is -0.365 e. The van der Waals surface area contributed by atoms with Crippen molar-refractivity contribution in [1.82, 2.24) is 14.8 Å². The number of alkyl halides is 3. The van der Waals surface area contributed by atoms with E-state index in [4.69, 9.17) is 5.26 Å². The molecule has 2 aromatic heterocycles. The lowest BCUT2D eigenvalue weighted by Crippen LogP contribution is -2.11. The molecule has 0 aliphatic rings. The second-order valence-electron chi connectivity index (χ2n) is 4.43. The summed E-state index contributed by atoms with van der Waals surface area (Å²) in [6, 6.07) is 3.71. The number of nitrogens with one attached hydrogen (secondary N) is 1. The Hall–Kier alpha value is -2.56. The van der Waals surface area contributed by atoms with Crippen LogP contribution < -0.4 is 5.32 Å². The van der Waals surface area contributed by atoms with Crippen LogP contribution in [-0.2, 0) is 19.8 Å². The maximum Gasteiger partial charge on any atom is 0.433 e. The van der Waals surface area contributed by atoms with Crippen LogP contribution in [-0.4, -0.2) is 14.8 Å². The monoisotopic (exact) mass is 295 g/mol. The molecule has 2 aromatic rings. The van der Waals surface area contributed by atoms with E-state index in [0.717, 1.165) is 23.4 Å². The van der Waals surface area contributed by atoms with Crippen LogP contribution in [0.4, 0.5) is 19.0 Å². The second kappa shape index (κ2) is 5.44. The molecule has 0 unspecified atom stereocenters. The number of rotatable bonds is 3. The molecule has 2 heterocycles. The van der Waals surface area contributed by atoms with Crippen molar-refractivity contribution in [2.75, 3.05) is 5.32 Å². The number of pyridine rings is 1. The standard InChI is InChI=1S/C13H12F3N5/c1-8-10(7-19-21(8)2)6-18-12-9(5-17)3-4-11(20-12)13(14,15)16/h3-4,7H,6H2,1-2H3,(H,18,20). The molecule has 0 saturated heterocycles. The predicted molar refractivity (Wildman–Crippen MR) is 69.2 cm³/mol. The molecule has 0 bridgehead atoms. The fourth-order valence-corrected chi connectivity index (χ4v) is 1.74. The molecule has 0 atom stereocenters. The molecule has 8 heteroatoms. The highest BCUT2D eigenvalue weighted by Crippen LogP contribution is 2.29. The Balaban J connectivity index is 2.26. The molecular formula is C13H12F3N5. The number of anilines is 1. The summed E-state index contributed by atoms with van der Waals surface area (Å²) >= 11 is 0. The zero-order chi connectivity index (χ0) is 15.6. The van der Waals surface area contributed by atoms with E-state index in [0.29, 0.717) is 0 Å². The van der Waals surface area contributed by atoms with Gasteiger partial charge in [0.15, 0.2) is 0 Å². The van der Waals surface area contributed by atoms with Gasteiger partial charge in [-0.3, -0.25) is 4.68 Å². The number of nitrogens with zero attached hydrogens (tertiary/aromatic N) is 4. The zero-order valence-electron chi connectivity index (χ0n) is 11.4. The van der Waals surface area contributed by atoms with Crippen molar-refractivity contribution >= 4 is 5.82 Å². The number of halogens is 3. The maximum absolute atomic E-state index is 12.6. The summed E-state index contributed by atoms with van der Waals surface area (Å²) in [5.41, 5.74) is 0.727. The summed E-state index contributed by atoms with van der Waals surface area (Å²) in [6.45, 7) is 2.08. The Kier molecular flexibility index (Phi) is 3.84. The fourth-order valence-electron chi connectivity index (χ4n) is 1.74. The average Bonchev–Trinajstić information content (AvgIpc) is 2.75. The van der Waals surface area contributed by atoms with Crippen molar-refractivity contribution in [2.45, 2.75) is 19.6 Å². The molecule has 2 rings (SSSR count). The molecule has 0 aromatic carbocycles. The van der Waals surface area contributed by atoms with Crippen LogP contribution in [0.2, 0.25) is 0 Å². The first-order valence-electron chi connectivity index (χ1n) is 6.02. The van der Waals surface area contributed by atoms with Crippen molar-refractivity contribution in [1.29, 1.82) is 5.26 Å². The minimum atomic E-state index is -4.55. The largest absolute Gasteiger partial charge is 0.433 e. The van der Waals surface area contributed by atoms with Gasteiger partial charge in [-0.15, -0.1) is 0 Å². The third-order valence-electron chi connectivity index (χ3n) is 3.09. The van der Waals surface area contributed by atoms with E-state index in [1.54, 1.807) is 17.9 Å². The van der Waals surface area contributed by atoms with Crippen LogP contribution in [0, 0.1) is 18.3 Å². The molecule has 0 aliphatic heterocycles. The lowest BCUT2D eigenvalue weighted by molar-refractivity contribution is -0.141. The predicted octanol–water partition coefficient (Wildman–Crippen LogP) is 2.63. The Morgan fingerprint density at radius 1 is 1.38 bits per heavy atom. The first-order valence-corrected chi connectivity index (χ1v) is 6.02. The number of nitriles is 1. The van der Waals surface area contributed by atoms with Gasteiger partial charge in [-0.1, -0.05) is 0 Å². The first-order chi connectivity index (χ1) is 9.82. The molecule has 0 radical (unpaired) electrons. The van der Waals surface area contributed by atoms with Gasteiger partial charge in [-0.25, -0.2) is 4.98 Å². The summed E-state index contributed by atoms with van der Waals surface area (Å²) in [5.74, 6) is -0.0874. The quantitative estimate of drug-likeness (QED) is 0.945. The lowest BCUT2D eigenvalue weighted by atomic mass is 10.2. The van der Waals surface area contributed by atoms with Gasteiger partial charge in [0, 0.05) is 24.8 Å². The van der Waals surface area contributed by atoms with E-state index >= 15 is 0 Å². The van der Waals surface area contributed by atoms with Crippen LogP contribution in [0.1, 0.15) is 22.5 Å². The van der Waals surface area contributed by atoms with E-state index in [-0.39, 0.29) is 17.9 Å². The molecule has 0 amide bonds. The number of aromatic nitrogens is 3. The van der Waals surface area contributed by atoms with Crippen LogP contribution >= 0.6 is 0 Å². The van der Waals surface area contributed by atoms with Crippen LogP contribution in [0.15, 0.2) is 18.3 Å². The van der Waals surface area contributed by atoms with Gasteiger partial charge in [-0.05, 0) is 19.1 Å². The third-order valence-corrected chi connectivity index (χ3v) is 3.09. The molecule has 1 N–H and O–H groups in total. The van der Waals surface area contributed by atoms with E-state index in [1.807, 2.05) is 13.0 Å². The molecule has 0 fully saturated rings. The zero-order valence-corrected chi connectivity index (χ0v) is 11.4. The summed E-state index contributed by atoms with van der Waals surface area (Å²) in [4.78, 5) is 3.48. The highest BCUT2D eigenvalue weighted by Gasteiger charge is 2.33. The van der Waals surface area contributed by atoms with Crippen molar-refractivity contribution in [3.8, 4) is 6.07 Å². The van der Waals surface area contributed by atoms with Crippen molar-refractivity contribution in [2.24, 2.45) is 7.05 Å². The number of hydrogen-bond donors (Lipinski definition) is 1. The molecule has 0 saturated carbocycles. The average molecular weight is 295 g/mol. The normalized spacial score (nSPS) is 11.2. The van der Waals surface area contributed by atoms with Crippen LogP contribution in [0.3, 0.4) is 0 Å². The Bertz CT molecular complexity index is 697. The SMILES string of the molecule is Cc1c(CNc2nc(C(F)(F)F)ccc2C#N)cnn1C. The fraction of sp³-hybridized carbons (Fsp3) is 0.308. The summed E-state index contributed by atoms with van der Waals surface area (Å²) < 4.78 is 39.6. The van der Waals surface area contributed by atoms with Crippen molar-refractivity contribution in [3.63, 3.8) is 0 Å². The summed E-state index contributed by atoms with van der Waals surface area (Å²) in [7, 11) is 1.77. The number of aryl methyl sites for hydroxylation is 1. The molecule has 21 heavy (non-hydrogen) atoms. The molecule has 5 nitrogen and oxygen atoms in total. The van der Waals surface area contributed by atoms with E-state index in [2.05, 4.69) is 15.4 Å². The third kappa shape index (κ3) is 3.13. The highest BCUT2D eigenvalue weighted by molar-refractivity contribution is 5.52. The minimum absolute atomic E-state index is 0.0598. The molecular weight excluding hydrogens is 283 g/mol. The summed E-state index contributed by atoms with van der Waals surface area (Å²) in [5, 5.41) is 15.7. The van der Waals surface area contributed by atoms with Crippen molar-refractivity contribution in [3.05, 3.63) is 40.8 Å². The van der Waals surface area contributed by atoms with Crippen molar-refractivity contribution < 1.29 is 13.2 Å². The Labute approximate surface area is 119 Å².